The van der Waals surface area contributed by atoms with Crippen LogP contribution in [0.5, 0.6) is 5.75 Å². The molecule has 6 nitrogen and oxygen atoms in total. The van der Waals surface area contributed by atoms with Gasteiger partial charge in [-0.2, -0.15) is 0 Å². The fourth-order valence-corrected chi connectivity index (χ4v) is 3.17. The van der Waals surface area contributed by atoms with Crippen LogP contribution in [0.15, 0.2) is 60.7 Å². The Kier molecular flexibility index (Phi) is 7.04. The monoisotopic (exact) mass is 439 g/mol. The van der Waals surface area contributed by atoms with Gasteiger partial charge in [-0.15, -0.1) is 0 Å². The summed E-state index contributed by atoms with van der Waals surface area (Å²) in [6.45, 7) is 1.67. The molecule has 0 radical (unpaired) electrons. The van der Waals surface area contributed by atoms with Crippen LogP contribution >= 0.6 is 0 Å². The quantitative estimate of drug-likeness (QED) is 0.287. The van der Waals surface area contributed by atoms with Crippen LogP contribution in [0, 0.1) is 17.0 Å². The summed E-state index contributed by atoms with van der Waals surface area (Å²) in [7, 11) is 0. The van der Waals surface area contributed by atoms with Crippen molar-refractivity contribution in [2.45, 2.75) is 26.0 Å². The van der Waals surface area contributed by atoms with Gasteiger partial charge in [-0.1, -0.05) is 13.0 Å². The van der Waals surface area contributed by atoms with Crippen molar-refractivity contribution in [3.63, 3.8) is 0 Å². The summed E-state index contributed by atoms with van der Waals surface area (Å²) in [6.07, 6.45) is 0.672. The molecule has 3 aromatic carbocycles. The second-order valence-electron chi connectivity index (χ2n) is 7.16. The van der Waals surface area contributed by atoms with Crippen LogP contribution < -0.4 is 15.8 Å². The molecule has 0 aromatic heterocycles. The molecule has 0 heterocycles. The third kappa shape index (κ3) is 5.40. The molecule has 3 rings (SSSR count). The van der Waals surface area contributed by atoms with Crippen LogP contribution in [-0.2, 0) is 17.8 Å². The van der Waals surface area contributed by atoms with Gasteiger partial charge in [0, 0.05) is 22.4 Å². The molecule has 0 unspecified atom stereocenters. The highest BCUT2D eigenvalue weighted by molar-refractivity contribution is 5.95. The first-order chi connectivity index (χ1) is 15.3. The van der Waals surface area contributed by atoms with E-state index in [1.54, 1.807) is 42.5 Å². The summed E-state index contributed by atoms with van der Waals surface area (Å²) in [4.78, 5) is 12.1. The molecule has 5 N–H and O–H groups in total. The van der Waals surface area contributed by atoms with Crippen LogP contribution in [0.3, 0.4) is 0 Å². The van der Waals surface area contributed by atoms with Gasteiger partial charge in [0.15, 0.2) is 6.04 Å². The van der Waals surface area contributed by atoms with E-state index in [-0.39, 0.29) is 23.8 Å². The number of aliphatic carboxylic acids is 1. The minimum absolute atomic E-state index is 0.0233. The van der Waals surface area contributed by atoms with Crippen LogP contribution in [0.1, 0.15) is 35.2 Å². The molecule has 0 bridgehead atoms. The number of nitrogens with two attached hydrogens (primary N) is 1. The molecule has 3 aromatic rings. The van der Waals surface area contributed by atoms with E-state index in [0.29, 0.717) is 23.2 Å². The summed E-state index contributed by atoms with van der Waals surface area (Å²) >= 11 is 0. The van der Waals surface area contributed by atoms with Crippen molar-refractivity contribution in [3.05, 3.63) is 94.6 Å². The molecular formula is C24H23F2N3O3. The van der Waals surface area contributed by atoms with Gasteiger partial charge in [-0.25, -0.2) is 13.6 Å². The highest BCUT2D eigenvalue weighted by atomic mass is 19.1. The lowest BCUT2D eigenvalue weighted by Gasteiger charge is -2.21. The molecule has 0 aliphatic carbocycles. The molecule has 32 heavy (non-hydrogen) atoms. The van der Waals surface area contributed by atoms with Crippen molar-refractivity contribution >= 4 is 17.5 Å². The third-order valence-electron chi connectivity index (χ3n) is 4.94. The molecule has 0 aliphatic heterocycles. The maximum atomic E-state index is 14.0. The Labute approximate surface area is 184 Å². The van der Waals surface area contributed by atoms with E-state index in [4.69, 9.17) is 15.9 Å². The molecule has 0 saturated heterocycles. The zero-order valence-electron chi connectivity index (χ0n) is 17.4. The van der Waals surface area contributed by atoms with Crippen molar-refractivity contribution in [1.29, 1.82) is 5.41 Å². The largest absolute Gasteiger partial charge is 0.488 e. The minimum atomic E-state index is -1.17. The average Bonchev–Trinajstić information content (AvgIpc) is 2.78. The maximum Gasteiger partial charge on any atom is 0.330 e. The highest BCUT2D eigenvalue weighted by Gasteiger charge is 2.24. The number of nitrogen functional groups attached to an aromatic ring is 1. The number of hydrogen-bond acceptors (Lipinski definition) is 4. The fraction of sp³-hybridized carbons (Fsp3) is 0.167. The van der Waals surface area contributed by atoms with E-state index in [1.807, 2.05) is 6.92 Å². The van der Waals surface area contributed by atoms with Crippen molar-refractivity contribution in [3.8, 4) is 5.75 Å². The Morgan fingerprint density at radius 2 is 1.84 bits per heavy atom. The third-order valence-corrected chi connectivity index (χ3v) is 4.94. The van der Waals surface area contributed by atoms with E-state index < -0.39 is 23.6 Å². The molecule has 1 atom stereocenters. The van der Waals surface area contributed by atoms with Gasteiger partial charge < -0.3 is 20.9 Å². The molecule has 0 saturated carbocycles. The van der Waals surface area contributed by atoms with Gasteiger partial charge in [-0.3, -0.25) is 5.41 Å². The van der Waals surface area contributed by atoms with Crippen molar-refractivity contribution in [2.24, 2.45) is 5.73 Å². The number of anilines is 1. The van der Waals surface area contributed by atoms with Gasteiger partial charge >= 0.3 is 5.97 Å². The lowest BCUT2D eigenvalue weighted by Crippen LogP contribution is -2.22. The van der Waals surface area contributed by atoms with E-state index in [9.17, 15) is 18.7 Å². The summed E-state index contributed by atoms with van der Waals surface area (Å²) in [5.41, 5.74) is 7.74. The Morgan fingerprint density at radius 1 is 1.12 bits per heavy atom. The predicted octanol–water partition coefficient (Wildman–Crippen LogP) is 4.63. The van der Waals surface area contributed by atoms with Crippen molar-refractivity contribution in [2.75, 3.05) is 5.32 Å². The van der Waals surface area contributed by atoms with Gasteiger partial charge in [0.2, 0.25) is 0 Å². The topological polar surface area (TPSA) is 108 Å². The summed E-state index contributed by atoms with van der Waals surface area (Å²) in [5, 5.41) is 20.3. The van der Waals surface area contributed by atoms with Gasteiger partial charge in [-0.05, 0) is 66.6 Å². The second-order valence-corrected chi connectivity index (χ2v) is 7.16. The first kappa shape index (κ1) is 22.7. The maximum absolute atomic E-state index is 14.0. The van der Waals surface area contributed by atoms with Crippen LogP contribution in [0.25, 0.3) is 0 Å². The zero-order chi connectivity index (χ0) is 23.3. The molecule has 0 aliphatic rings. The molecule has 8 heteroatoms. The number of aryl methyl sites for hydroxylation is 1. The van der Waals surface area contributed by atoms with E-state index in [1.165, 1.54) is 0 Å². The molecule has 0 fully saturated rings. The lowest BCUT2D eigenvalue weighted by atomic mass is 10.0. The minimum Gasteiger partial charge on any atom is -0.488 e. The van der Waals surface area contributed by atoms with Crippen LogP contribution in [0.4, 0.5) is 14.5 Å². The van der Waals surface area contributed by atoms with Crippen LogP contribution in [0.2, 0.25) is 0 Å². The van der Waals surface area contributed by atoms with Crippen molar-refractivity contribution in [1.82, 2.24) is 0 Å². The number of nitrogens with one attached hydrogen (secondary N) is 2. The van der Waals surface area contributed by atoms with Crippen LogP contribution in [-0.4, -0.2) is 16.9 Å². The van der Waals surface area contributed by atoms with E-state index >= 15 is 0 Å². The number of halogens is 2. The van der Waals surface area contributed by atoms with Gasteiger partial charge in [0.05, 0.1) is 0 Å². The summed E-state index contributed by atoms with van der Waals surface area (Å²) < 4.78 is 33.2. The Balaban J connectivity index is 1.92. The first-order valence-electron chi connectivity index (χ1n) is 9.91. The fourth-order valence-electron chi connectivity index (χ4n) is 3.17. The number of hydrogen-bond donors (Lipinski definition) is 4. The molecule has 0 amide bonds. The second kappa shape index (κ2) is 9.91. The number of ether oxygens (including phenoxy) is 1. The van der Waals surface area contributed by atoms with Crippen molar-refractivity contribution < 1.29 is 23.4 Å². The summed E-state index contributed by atoms with van der Waals surface area (Å²) in [5.74, 6) is -2.20. The number of amidine groups is 1. The van der Waals surface area contributed by atoms with E-state index in [2.05, 4.69) is 5.32 Å². The highest BCUT2D eigenvalue weighted by Crippen LogP contribution is 2.31. The first-order valence-corrected chi connectivity index (χ1v) is 9.91. The SMILES string of the molecule is CCc1ccc(OCc2cc(F)ccc2F)c([C@@H](Nc2ccc(C(=N)N)cc2)C(=O)O)c1. The lowest BCUT2D eigenvalue weighted by molar-refractivity contribution is -0.138. The Bertz CT molecular complexity index is 1130. The Morgan fingerprint density at radius 3 is 2.47 bits per heavy atom. The van der Waals surface area contributed by atoms with E-state index in [0.717, 1.165) is 23.8 Å². The normalized spacial score (nSPS) is 11.6. The smallest absolute Gasteiger partial charge is 0.330 e. The molecule has 166 valence electrons. The predicted molar refractivity (Wildman–Crippen MR) is 118 cm³/mol. The van der Waals surface area contributed by atoms with Gasteiger partial charge in [0.1, 0.15) is 29.8 Å². The van der Waals surface area contributed by atoms with Gasteiger partial charge in [0.25, 0.3) is 0 Å². The number of carboxylic acids is 1. The Hall–Kier alpha value is -3.94. The molecule has 0 spiro atoms. The number of carbonyl (C=O) groups is 1. The number of rotatable bonds is 9. The molecular weight excluding hydrogens is 416 g/mol. The average molecular weight is 439 g/mol. The standard InChI is InChI=1S/C24H23F2N3O3/c1-2-14-3-10-21(32-13-16-12-17(25)6-9-20(16)26)19(11-14)22(24(30)31)29-18-7-4-15(5-8-18)23(27)28/h3-12,22,29H,2,13H2,1H3,(H3,27,28)(H,30,31)/t22-/m1/s1. The number of benzene rings is 3. The zero-order valence-corrected chi connectivity index (χ0v) is 17.4. The number of carboxylic acid groups (broad SMARTS) is 1. The summed E-state index contributed by atoms with van der Waals surface area (Å²) in [6, 6.07) is 13.5.